The summed E-state index contributed by atoms with van der Waals surface area (Å²) in [6.07, 6.45) is 1.62. The molecule has 0 saturated heterocycles. The third-order valence-electron chi connectivity index (χ3n) is 3.24. The lowest BCUT2D eigenvalue weighted by Crippen LogP contribution is -2.20. The Morgan fingerprint density at radius 2 is 1.76 bits per heavy atom. The Bertz CT molecular complexity index is 760. The summed E-state index contributed by atoms with van der Waals surface area (Å²) in [5, 5.41) is 6.61. The standard InChI is InChI=1S/C18H18BrN3O3/c1-25-16-5-3-2-4-13(16)12-20-22-18(24)11-10-17(23)21-15-8-6-14(19)7-9-15/h2-9,12H,10-11H2,1H3,(H,21,23)(H,22,24). The fraction of sp³-hybridized carbons (Fsp3) is 0.167. The van der Waals surface area contributed by atoms with Crippen LogP contribution in [0.5, 0.6) is 5.75 Å². The van der Waals surface area contributed by atoms with Crippen LogP contribution in [0.15, 0.2) is 58.1 Å². The maximum absolute atomic E-state index is 11.8. The van der Waals surface area contributed by atoms with Crippen molar-refractivity contribution < 1.29 is 14.3 Å². The molecule has 0 spiro atoms. The first-order valence-electron chi connectivity index (χ1n) is 7.59. The third-order valence-corrected chi connectivity index (χ3v) is 3.77. The molecule has 2 amide bonds. The summed E-state index contributed by atoms with van der Waals surface area (Å²) in [4.78, 5) is 23.6. The number of anilines is 1. The van der Waals surface area contributed by atoms with Gasteiger partial charge in [-0.3, -0.25) is 9.59 Å². The quantitative estimate of drug-likeness (QED) is 0.549. The molecular weight excluding hydrogens is 386 g/mol. The number of rotatable bonds is 7. The van der Waals surface area contributed by atoms with Gasteiger partial charge in [0.05, 0.1) is 13.3 Å². The molecule has 2 N–H and O–H groups in total. The highest BCUT2D eigenvalue weighted by molar-refractivity contribution is 9.10. The zero-order chi connectivity index (χ0) is 18.1. The van der Waals surface area contributed by atoms with E-state index in [1.807, 2.05) is 30.3 Å². The van der Waals surface area contributed by atoms with E-state index in [1.54, 1.807) is 25.3 Å². The number of carbonyl (C=O) groups is 2. The number of halogens is 1. The number of ether oxygens (including phenoxy) is 1. The van der Waals surface area contributed by atoms with E-state index >= 15 is 0 Å². The first kappa shape index (κ1) is 18.7. The Morgan fingerprint density at radius 3 is 2.48 bits per heavy atom. The highest BCUT2D eigenvalue weighted by Gasteiger charge is 2.07. The summed E-state index contributed by atoms with van der Waals surface area (Å²) < 4.78 is 6.11. The largest absolute Gasteiger partial charge is 0.496 e. The number of hydrogen-bond acceptors (Lipinski definition) is 4. The van der Waals surface area contributed by atoms with Gasteiger partial charge in [0.25, 0.3) is 0 Å². The second-order valence-corrected chi connectivity index (χ2v) is 6.01. The smallest absolute Gasteiger partial charge is 0.240 e. The van der Waals surface area contributed by atoms with Crippen molar-refractivity contribution in [3.05, 3.63) is 58.6 Å². The van der Waals surface area contributed by atoms with Crippen LogP contribution in [0.25, 0.3) is 0 Å². The molecule has 0 radical (unpaired) electrons. The monoisotopic (exact) mass is 403 g/mol. The molecule has 0 aliphatic heterocycles. The minimum absolute atomic E-state index is 0.0472. The number of para-hydroxylation sites is 1. The number of benzene rings is 2. The van der Waals surface area contributed by atoms with Crippen LogP contribution in [0.1, 0.15) is 18.4 Å². The Kier molecular flexibility index (Phi) is 7.16. The number of methoxy groups -OCH3 is 1. The first-order chi connectivity index (χ1) is 12.1. The van der Waals surface area contributed by atoms with E-state index in [0.29, 0.717) is 11.4 Å². The van der Waals surface area contributed by atoms with Gasteiger partial charge in [0.1, 0.15) is 5.75 Å². The Hall–Kier alpha value is -2.67. The number of carbonyl (C=O) groups excluding carboxylic acids is 2. The molecule has 0 bridgehead atoms. The van der Waals surface area contributed by atoms with Crippen LogP contribution in [-0.4, -0.2) is 25.1 Å². The van der Waals surface area contributed by atoms with Crippen molar-refractivity contribution in [2.75, 3.05) is 12.4 Å². The molecule has 2 aromatic carbocycles. The zero-order valence-electron chi connectivity index (χ0n) is 13.7. The van der Waals surface area contributed by atoms with Crippen LogP contribution in [0, 0.1) is 0 Å². The van der Waals surface area contributed by atoms with Gasteiger partial charge < -0.3 is 10.1 Å². The minimum atomic E-state index is -0.336. The maximum Gasteiger partial charge on any atom is 0.240 e. The Labute approximate surface area is 154 Å². The van der Waals surface area contributed by atoms with E-state index in [9.17, 15) is 9.59 Å². The summed E-state index contributed by atoms with van der Waals surface area (Å²) in [5.74, 6) is 0.0951. The number of hydrogen-bond donors (Lipinski definition) is 2. The maximum atomic E-state index is 11.8. The number of amides is 2. The molecule has 0 atom stereocenters. The molecule has 6 nitrogen and oxygen atoms in total. The van der Waals surface area contributed by atoms with Gasteiger partial charge in [-0.25, -0.2) is 5.43 Å². The Balaban J connectivity index is 1.75. The van der Waals surface area contributed by atoms with Crippen LogP contribution in [0.2, 0.25) is 0 Å². The summed E-state index contributed by atoms with van der Waals surface area (Å²) in [6.45, 7) is 0. The van der Waals surface area contributed by atoms with E-state index in [4.69, 9.17) is 4.74 Å². The number of nitrogens with one attached hydrogen (secondary N) is 2. The van der Waals surface area contributed by atoms with Gasteiger partial charge in [0.15, 0.2) is 0 Å². The average molecular weight is 404 g/mol. The molecule has 2 rings (SSSR count). The van der Waals surface area contributed by atoms with Gasteiger partial charge >= 0.3 is 0 Å². The Morgan fingerprint density at radius 1 is 1.08 bits per heavy atom. The third kappa shape index (κ3) is 6.39. The molecule has 0 heterocycles. The van der Waals surface area contributed by atoms with Crippen molar-refractivity contribution >= 4 is 39.6 Å². The van der Waals surface area contributed by atoms with E-state index in [0.717, 1.165) is 10.0 Å². The lowest BCUT2D eigenvalue weighted by molar-refractivity contribution is -0.124. The first-order valence-corrected chi connectivity index (χ1v) is 8.38. The van der Waals surface area contributed by atoms with Crippen LogP contribution < -0.4 is 15.5 Å². The summed E-state index contributed by atoms with van der Waals surface area (Å²) in [7, 11) is 1.56. The van der Waals surface area contributed by atoms with Crippen molar-refractivity contribution in [1.29, 1.82) is 0 Å². The molecule has 0 aliphatic carbocycles. The van der Waals surface area contributed by atoms with Crippen LogP contribution in [0.3, 0.4) is 0 Å². The van der Waals surface area contributed by atoms with Gasteiger partial charge in [0, 0.05) is 28.6 Å². The molecule has 0 aliphatic rings. The number of hydrazone groups is 1. The predicted molar refractivity (Wildman–Crippen MR) is 101 cm³/mol. The van der Waals surface area contributed by atoms with Crippen molar-refractivity contribution in [1.82, 2.24) is 5.43 Å². The molecule has 7 heteroatoms. The van der Waals surface area contributed by atoms with E-state index in [1.165, 1.54) is 6.21 Å². The lowest BCUT2D eigenvalue weighted by atomic mass is 10.2. The van der Waals surface area contributed by atoms with Crippen LogP contribution in [-0.2, 0) is 9.59 Å². The highest BCUT2D eigenvalue weighted by atomic mass is 79.9. The molecule has 0 unspecified atom stereocenters. The lowest BCUT2D eigenvalue weighted by Gasteiger charge is -2.05. The van der Waals surface area contributed by atoms with E-state index in [-0.39, 0.29) is 24.7 Å². The molecular formula is C18H18BrN3O3. The van der Waals surface area contributed by atoms with Crippen molar-refractivity contribution in [3.8, 4) is 5.75 Å². The summed E-state index contributed by atoms with van der Waals surface area (Å²) in [6, 6.07) is 14.5. The van der Waals surface area contributed by atoms with Gasteiger partial charge in [-0.15, -0.1) is 0 Å². The van der Waals surface area contributed by atoms with Crippen LogP contribution in [0.4, 0.5) is 5.69 Å². The second kappa shape index (κ2) is 9.58. The molecule has 0 aromatic heterocycles. The number of nitrogens with zero attached hydrogens (tertiary/aromatic N) is 1. The predicted octanol–water partition coefficient (Wildman–Crippen LogP) is 3.33. The van der Waals surface area contributed by atoms with Crippen molar-refractivity contribution in [2.24, 2.45) is 5.10 Å². The molecule has 130 valence electrons. The molecule has 0 fully saturated rings. The SMILES string of the molecule is COc1ccccc1C=NNC(=O)CCC(=O)Nc1ccc(Br)cc1. The fourth-order valence-corrected chi connectivity index (χ4v) is 2.25. The van der Waals surface area contributed by atoms with Crippen molar-refractivity contribution in [3.63, 3.8) is 0 Å². The van der Waals surface area contributed by atoms with Gasteiger partial charge in [0.2, 0.25) is 11.8 Å². The molecule has 2 aromatic rings. The molecule has 0 saturated carbocycles. The zero-order valence-corrected chi connectivity index (χ0v) is 15.2. The highest BCUT2D eigenvalue weighted by Crippen LogP contribution is 2.15. The van der Waals surface area contributed by atoms with Gasteiger partial charge in [-0.2, -0.15) is 5.10 Å². The van der Waals surface area contributed by atoms with Gasteiger partial charge in [-0.05, 0) is 36.4 Å². The summed E-state index contributed by atoms with van der Waals surface area (Å²) >= 11 is 3.32. The normalized spacial score (nSPS) is 10.5. The minimum Gasteiger partial charge on any atom is -0.496 e. The van der Waals surface area contributed by atoms with E-state index < -0.39 is 0 Å². The van der Waals surface area contributed by atoms with Gasteiger partial charge in [-0.1, -0.05) is 28.1 Å². The van der Waals surface area contributed by atoms with E-state index in [2.05, 4.69) is 31.8 Å². The summed E-state index contributed by atoms with van der Waals surface area (Å²) in [5.41, 5.74) is 3.83. The van der Waals surface area contributed by atoms with Crippen LogP contribution >= 0.6 is 15.9 Å². The van der Waals surface area contributed by atoms with Crippen molar-refractivity contribution in [2.45, 2.75) is 12.8 Å². The molecule has 25 heavy (non-hydrogen) atoms. The fourth-order valence-electron chi connectivity index (χ4n) is 1.99. The second-order valence-electron chi connectivity index (χ2n) is 5.09. The average Bonchev–Trinajstić information content (AvgIpc) is 2.62. The topological polar surface area (TPSA) is 79.8 Å².